The molecular weight excluding hydrogens is 436 g/mol. The van der Waals surface area contributed by atoms with Crippen molar-refractivity contribution in [3.63, 3.8) is 0 Å². The predicted octanol–water partition coefficient (Wildman–Crippen LogP) is 3.23. The van der Waals surface area contributed by atoms with Crippen molar-refractivity contribution < 1.29 is 23.9 Å². The van der Waals surface area contributed by atoms with E-state index >= 15 is 0 Å². The average molecular weight is 467 g/mol. The highest BCUT2D eigenvalue weighted by atomic mass is 16.6. The molecule has 0 saturated heterocycles. The highest BCUT2D eigenvalue weighted by Crippen LogP contribution is 2.23. The van der Waals surface area contributed by atoms with Crippen LogP contribution in [-0.4, -0.2) is 34.4 Å². The first-order valence-electron chi connectivity index (χ1n) is 10.9. The highest BCUT2D eigenvalue weighted by molar-refractivity contribution is 5.97. The molecule has 3 rings (SSSR count). The van der Waals surface area contributed by atoms with E-state index in [1.165, 1.54) is 0 Å². The van der Waals surface area contributed by atoms with Gasteiger partial charge < -0.3 is 31.2 Å². The molecule has 9 nitrogen and oxygen atoms in total. The zero-order valence-corrected chi connectivity index (χ0v) is 19.5. The second-order valence-electron chi connectivity index (χ2n) is 9.01. The minimum atomic E-state index is -0.842. The zero-order chi connectivity index (χ0) is 24.9. The van der Waals surface area contributed by atoms with Crippen molar-refractivity contribution in [1.82, 2.24) is 4.98 Å². The number of amides is 2. The van der Waals surface area contributed by atoms with Gasteiger partial charge in [0.25, 0.3) is 5.91 Å². The van der Waals surface area contributed by atoms with Gasteiger partial charge in [0, 0.05) is 23.0 Å². The maximum Gasteiger partial charge on any atom is 0.306 e. The quantitative estimate of drug-likeness (QED) is 0.356. The Morgan fingerprint density at radius 1 is 1.09 bits per heavy atom. The number of carbonyl (C=O) groups is 3. The van der Waals surface area contributed by atoms with Crippen LogP contribution in [0, 0.1) is 0 Å². The van der Waals surface area contributed by atoms with Gasteiger partial charge in [-0.25, -0.2) is 0 Å². The number of nitrogens with two attached hydrogens (primary N) is 2. The van der Waals surface area contributed by atoms with E-state index in [0.717, 1.165) is 16.5 Å². The third kappa shape index (κ3) is 7.08. The molecule has 34 heavy (non-hydrogen) atoms. The topological polar surface area (TPSA) is 150 Å². The highest BCUT2D eigenvalue weighted by Gasteiger charge is 2.20. The van der Waals surface area contributed by atoms with Crippen molar-refractivity contribution >= 4 is 34.4 Å². The van der Waals surface area contributed by atoms with Gasteiger partial charge in [-0.3, -0.25) is 14.4 Å². The lowest BCUT2D eigenvalue weighted by molar-refractivity contribution is -0.155. The van der Waals surface area contributed by atoms with Crippen LogP contribution in [0.3, 0.4) is 0 Å². The lowest BCUT2D eigenvalue weighted by Crippen LogP contribution is -2.36. The number of carbonyl (C=O) groups excluding carboxylic acids is 3. The number of rotatable bonds is 9. The molecule has 2 aromatic carbocycles. The molecule has 1 atom stereocenters. The van der Waals surface area contributed by atoms with Crippen LogP contribution in [-0.2, 0) is 20.9 Å². The number of H-pyrrole nitrogens is 1. The summed E-state index contributed by atoms with van der Waals surface area (Å²) in [6, 6.07) is 13.5. The summed E-state index contributed by atoms with van der Waals surface area (Å²) in [6.45, 7) is 5.62. The van der Waals surface area contributed by atoms with E-state index in [2.05, 4.69) is 10.3 Å². The van der Waals surface area contributed by atoms with Crippen LogP contribution in [0.2, 0.25) is 0 Å². The van der Waals surface area contributed by atoms with Crippen LogP contribution >= 0.6 is 0 Å². The maximum absolute atomic E-state index is 12.4. The summed E-state index contributed by atoms with van der Waals surface area (Å²) >= 11 is 0. The van der Waals surface area contributed by atoms with Crippen molar-refractivity contribution in [2.24, 2.45) is 11.5 Å². The second-order valence-corrected chi connectivity index (χ2v) is 9.01. The van der Waals surface area contributed by atoms with Gasteiger partial charge in [0.1, 0.15) is 23.7 Å². The lowest BCUT2D eigenvalue weighted by Gasteiger charge is -2.20. The smallest absolute Gasteiger partial charge is 0.306 e. The Labute approximate surface area is 197 Å². The summed E-state index contributed by atoms with van der Waals surface area (Å²) in [5, 5.41) is 3.58. The van der Waals surface area contributed by atoms with Gasteiger partial charge >= 0.3 is 5.97 Å². The molecule has 0 aliphatic heterocycles. The molecule has 0 aliphatic carbocycles. The molecule has 6 N–H and O–H groups in total. The normalized spacial score (nSPS) is 12.2. The summed E-state index contributed by atoms with van der Waals surface area (Å²) in [5.41, 5.74) is 13.2. The van der Waals surface area contributed by atoms with Gasteiger partial charge in [-0.2, -0.15) is 0 Å². The first kappa shape index (κ1) is 24.8. The van der Waals surface area contributed by atoms with Gasteiger partial charge in [0.2, 0.25) is 5.91 Å². The number of fused-ring (bicyclic) bond motifs is 1. The Morgan fingerprint density at radius 3 is 2.56 bits per heavy atom. The summed E-state index contributed by atoms with van der Waals surface area (Å²) in [4.78, 5) is 38.5. The van der Waals surface area contributed by atoms with Crippen LogP contribution in [0.15, 0.2) is 48.5 Å². The van der Waals surface area contributed by atoms with Gasteiger partial charge in [0.05, 0.1) is 6.04 Å². The van der Waals surface area contributed by atoms with Gasteiger partial charge in [-0.05, 0) is 69.2 Å². The summed E-state index contributed by atoms with van der Waals surface area (Å²) in [7, 11) is 0. The summed E-state index contributed by atoms with van der Waals surface area (Å²) in [6.07, 6.45) is 0.245. The van der Waals surface area contributed by atoms with Crippen LogP contribution < -0.4 is 21.5 Å². The minimum Gasteiger partial charge on any atom is -0.489 e. The third-order valence-corrected chi connectivity index (χ3v) is 4.87. The Morgan fingerprint density at radius 2 is 1.85 bits per heavy atom. The Balaban J connectivity index is 1.54. The molecule has 0 saturated carbocycles. The Hall–Kier alpha value is -3.85. The molecule has 1 unspecified atom stereocenters. The first-order chi connectivity index (χ1) is 16.0. The largest absolute Gasteiger partial charge is 0.489 e. The average Bonchev–Trinajstić information content (AvgIpc) is 3.19. The molecule has 0 radical (unpaired) electrons. The van der Waals surface area contributed by atoms with Crippen molar-refractivity contribution in [3.05, 3.63) is 59.8 Å². The fourth-order valence-corrected chi connectivity index (χ4v) is 3.27. The molecule has 9 heteroatoms. The number of primary amides is 1. The number of aromatic amines is 1. The van der Waals surface area contributed by atoms with E-state index in [-0.39, 0.29) is 25.4 Å². The summed E-state index contributed by atoms with van der Waals surface area (Å²) < 4.78 is 11.1. The van der Waals surface area contributed by atoms with Crippen molar-refractivity contribution in [1.29, 1.82) is 0 Å². The van der Waals surface area contributed by atoms with Gasteiger partial charge in [-0.1, -0.05) is 12.1 Å². The molecule has 0 fully saturated rings. The number of hydrogen-bond donors (Lipinski definition) is 4. The minimum absolute atomic E-state index is 0.0617. The zero-order valence-electron chi connectivity index (χ0n) is 19.5. The Bertz CT molecular complexity index is 1200. The van der Waals surface area contributed by atoms with Crippen LogP contribution in [0.5, 0.6) is 5.75 Å². The maximum atomic E-state index is 12.4. The van der Waals surface area contributed by atoms with Crippen molar-refractivity contribution in [2.45, 2.75) is 51.9 Å². The van der Waals surface area contributed by atoms with E-state index in [1.54, 1.807) is 51.1 Å². The third-order valence-electron chi connectivity index (χ3n) is 4.87. The number of hydrogen-bond acceptors (Lipinski definition) is 6. The van der Waals surface area contributed by atoms with Crippen LogP contribution in [0.4, 0.5) is 5.69 Å². The molecule has 0 bridgehead atoms. The van der Waals surface area contributed by atoms with E-state index in [4.69, 9.17) is 20.9 Å². The van der Waals surface area contributed by atoms with Crippen LogP contribution in [0.25, 0.3) is 10.9 Å². The number of ether oxygens (including phenoxy) is 2. The lowest BCUT2D eigenvalue weighted by atomic mass is 10.1. The molecule has 2 amide bonds. The molecule has 3 aromatic rings. The first-order valence-corrected chi connectivity index (χ1v) is 10.9. The molecule has 0 spiro atoms. The number of benzene rings is 2. The molecule has 0 aliphatic rings. The fraction of sp³-hybridized carbons (Fsp3) is 0.320. The monoisotopic (exact) mass is 466 g/mol. The number of nitrogens with one attached hydrogen (secondary N) is 2. The van der Waals surface area contributed by atoms with Gasteiger partial charge in [-0.15, -0.1) is 0 Å². The SMILES string of the molecule is CC(C)(C)OC(=O)CCC(N)C(=O)Nc1cccc(COc2ccc3[nH]c(C(N)=O)cc3c2)c1. The van der Waals surface area contributed by atoms with E-state index in [0.29, 0.717) is 17.1 Å². The summed E-state index contributed by atoms with van der Waals surface area (Å²) in [5.74, 6) is -0.674. The standard InChI is InChI=1S/C25H30N4O5/c1-25(2,3)34-22(30)10-8-19(26)24(32)28-17-6-4-5-15(11-17)14-33-18-7-9-20-16(12-18)13-21(29-20)23(27)31/h4-7,9,11-13,19,29H,8,10,14,26H2,1-3H3,(H2,27,31)(H,28,32). The molecular formula is C25H30N4O5. The van der Waals surface area contributed by atoms with Gasteiger partial charge in [0.15, 0.2) is 0 Å². The fourth-order valence-electron chi connectivity index (χ4n) is 3.27. The van der Waals surface area contributed by atoms with Crippen molar-refractivity contribution in [2.75, 3.05) is 5.32 Å². The molecule has 1 heterocycles. The van der Waals surface area contributed by atoms with Crippen LogP contribution in [0.1, 0.15) is 49.7 Å². The van der Waals surface area contributed by atoms with E-state index in [9.17, 15) is 14.4 Å². The molecule has 1 aromatic heterocycles. The number of aromatic nitrogens is 1. The Kier molecular flexibility index (Phi) is 7.57. The predicted molar refractivity (Wildman–Crippen MR) is 129 cm³/mol. The van der Waals surface area contributed by atoms with E-state index in [1.807, 2.05) is 18.2 Å². The van der Waals surface area contributed by atoms with E-state index < -0.39 is 23.5 Å². The van der Waals surface area contributed by atoms with Crippen molar-refractivity contribution in [3.8, 4) is 5.75 Å². The number of anilines is 1. The molecule has 180 valence electrons. The second kappa shape index (κ2) is 10.4. The number of esters is 1.